The molecule has 2 aromatic rings. The fraction of sp³-hybridized carbons (Fsp3) is 0.375. The van der Waals surface area contributed by atoms with Gasteiger partial charge in [-0.3, -0.25) is 4.99 Å². The molecule has 0 aliphatic heterocycles. The van der Waals surface area contributed by atoms with E-state index in [-0.39, 0.29) is 30.5 Å². The molecule has 0 atom stereocenters. The van der Waals surface area contributed by atoms with Crippen molar-refractivity contribution in [2.24, 2.45) is 4.99 Å². The lowest BCUT2D eigenvalue weighted by Gasteiger charge is -2.11. The third-order valence-corrected chi connectivity index (χ3v) is 4.64. The third-order valence-electron chi connectivity index (χ3n) is 3.30. The summed E-state index contributed by atoms with van der Waals surface area (Å²) in [6, 6.07) is 8.12. The molecule has 0 unspecified atom stereocenters. The number of halogens is 5. The van der Waals surface area contributed by atoms with Crippen LogP contribution in [0, 0.1) is 0 Å². The Kier molecular flexibility index (Phi) is 9.86. The highest BCUT2D eigenvalue weighted by Gasteiger charge is 2.33. The fourth-order valence-corrected chi connectivity index (χ4v) is 3.28. The number of hydrogen-bond acceptors (Lipinski definition) is 3. The van der Waals surface area contributed by atoms with Crippen molar-refractivity contribution in [3.8, 4) is 0 Å². The topological polar surface area (TPSA) is 49.3 Å². The Morgan fingerprint density at radius 1 is 1.31 bits per heavy atom. The molecule has 26 heavy (non-hydrogen) atoms. The zero-order valence-electron chi connectivity index (χ0n) is 13.9. The van der Waals surface area contributed by atoms with Crippen molar-refractivity contribution in [2.75, 3.05) is 13.6 Å². The van der Waals surface area contributed by atoms with Crippen LogP contribution in [0.3, 0.4) is 0 Å². The molecule has 10 heteroatoms. The van der Waals surface area contributed by atoms with E-state index in [9.17, 15) is 13.2 Å². The third kappa shape index (κ3) is 7.78. The first-order chi connectivity index (χ1) is 11.9. The van der Waals surface area contributed by atoms with E-state index in [1.807, 2.05) is 12.1 Å². The largest absolute Gasteiger partial charge is 0.434 e. The number of nitrogens with zero attached hydrogens (tertiary/aromatic N) is 2. The zero-order valence-corrected chi connectivity index (χ0v) is 18.7. The van der Waals surface area contributed by atoms with E-state index in [1.54, 1.807) is 7.05 Å². The van der Waals surface area contributed by atoms with Gasteiger partial charge in [0, 0.05) is 23.4 Å². The Morgan fingerprint density at radius 2 is 2.08 bits per heavy atom. The summed E-state index contributed by atoms with van der Waals surface area (Å²) < 4.78 is 38.6. The molecule has 1 heterocycles. The molecule has 0 aliphatic rings. The number of thiazole rings is 1. The number of guanidine groups is 1. The summed E-state index contributed by atoms with van der Waals surface area (Å²) in [4.78, 5) is 7.63. The Hall–Kier alpha value is -0.880. The van der Waals surface area contributed by atoms with Gasteiger partial charge in [-0.2, -0.15) is 13.2 Å². The quantitative estimate of drug-likeness (QED) is 0.229. The van der Waals surface area contributed by atoms with Crippen molar-refractivity contribution in [2.45, 2.75) is 25.6 Å². The summed E-state index contributed by atoms with van der Waals surface area (Å²) in [5.41, 5.74) is 0.382. The molecular formula is C16H19BrF3IN4S. The van der Waals surface area contributed by atoms with Gasteiger partial charge in [0.15, 0.2) is 11.7 Å². The first-order valence-electron chi connectivity index (χ1n) is 7.59. The standard InChI is InChI=1S/C16H18BrF3N4S.HI/c1-21-15(22-7-3-5-11-4-2-6-12(17)8-11)23-9-14-24-13(10-25-14)16(18,19)20;/h2,4,6,8,10H,3,5,7,9H2,1H3,(H2,21,22,23);1H. The number of hydrogen-bond donors (Lipinski definition) is 2. The van der Waals surface area contributed by atoms with E-state index in [1.165, 1.54) is 5.56 Å². The van der Waals surface area contributed by atoms with Crippen LogP contribution in [-0.4, -0.2) is 24.5 Å². The van der Waals surface area contributed by atoms with Crippen LogP contribution in [0.4, 0.5) is 13.2 Å². The molecule has 0 radical (unpaired) electrons. The predicted octanol–water partition coefficient (Wildman–Crippen LogP) is 4.84. The van der Waals surface area contributed by atoms with E-state index in [4.69, 9.17) is 0 Å². The summed E-state index contributed by atoms with van der Waals surface area (Å²) in [5, 5.41) is 7.50. The maximum Gasteiger partial charge on any atom is 0.434 e. The lowest BCUT2D eigenvalue weighted by atomic mass is 10.1. The molecule has 2 N–H and O–H groups in total. The summed E-state index contributed by atoms with van der Waals surface area (Å²) >= 11 is 4.42. The molecule has 1 aromatic carbocycles. The highest BCUT2D eigenvalue weighted by atomic mass is 127. The highest BCUT2D eigenvalue weighted by Crippen LogP contribution is 2.29. The minimum atomic E-state index is -4.40. The van der Waals surface area contributed by atoms with Crippen LogP contribution >= 0.6 is 51.2 Å². The number of alkyl halides is 3. The maximum absolute atomic E-state index is 12.5. The van der Waals surface area contributed by atoms with Gasteiger partial charge in [-0.05, 0) is 30.5 Å². The van der Waals surface area contributed by atoms with Crippen LogP contribution in [0.15, 0.2) is 39.1 Å². The zero-order chi connectivity index (χ0) is 18.3. The minimum Gasteiger partial charge on any atom is -0.356 e. The first kappa shape index (κ1) is 23.2. The van der Waals surface area contributed by atoms with Crippen LogP contribution in [0.2, 0.25) is 0 Å². The van der Waals surface area contributed by atoms with Gasteiger partial charge in [0.25, 0.3) is 0 Å². The summed E-state index contributed by atoms with van der Waals surface area (Å²) in [5.74, 6) is 0.540. The molecule has 2 rings (SSSR count). The van der Waals surface area contributed by atoms with E-state index in [0.29, 0.717) is 17.5 Å². The minimum absolute atomic E-state index is 0. The molecular weight excluding hydrogens is 544 g/mol. The molecule has 0 bridgehead atoms. The molecule has 144 valence electrons. The Labute approximate surface area is 179 Å². The summed E-state index contributed by atoms with van der Waals surface area (Å²) in [6.45, 7) is 0.907. The second-order valence-electron chi connectivity index (χ2n) is 5.21. The molecule has 0 saturated heterocycles. The van der Waals surface area contributed by atoms with E-state index in [0.717, 1.165) is 34.0 Å². The van der Waals surface area contributed by atoms with Gasteiger partial charge in [-0.15, -0.1) is 35.3 Å². The number of nitrogens with one attached hydrogen (secondary N) is 2. The Morgan fingerprint density at radius 3 is 2.69 bits per heavy atom. The fourth-order valence-electron chi connectivity index (χ4n) is 2.09. The van der Waals surface area contributed by atoms with E-state index < -0.39 is 11.9 Å². The molecule has 1 aromatic heterocycles. The average molecular weight is 563 g/mol. The molecule has 0 aliphatic carbocycles. The van der Waals surface area contributed by atoms with Crippen LogP contribution < -0.4 is 10.6 Å². The van der Waals surface area contributed by atoms with Gasteiger partial charge in [0.2, 0.25) is 0 Å². The van der Waals surface area contributed by atoms with Crippen molar-refractivity contribution in [3.05, 3.63) is 50.4 Å². The maximum atomic E-state index is 12.5. The second-order valence-corrected chi connectivity index (χ2v) is 7.07. The number of benzene rings is 1. The van der Waals surface area contributed by atoms with E-state index in [2.05, 4.69) is 48.7 Å². The number of rotatable bonds is 6. The van der Waals surface area contributed by atoms with Gasteiger partial charge in [-0.25, -0.2) is 4.98 Å². The van der Waals surface area contributed by atoms with Gasteiger partial charge >= 0.3 is 6.18 Å². The van der Waals surface area contributed by atoms with Crippen LogP contribution in [-0.2, 0) is 19.1 Å². The monoisotopic (exact) mass is 562 g/mol. The Balaban J connectivity index is 0.00000338. The average Bonchev–Trinajstić information content (AvgIpc) is 3.03. The molecule has 0 saturated carbocycles. The summed E-state index contributed by atoms with van der Waals surface area (Å²) in [6.07, 6.45) is -2.57. The van der Waals surface area contributed by atoms with Gasteiger partial charge in [-0.1, -0.05) is 28.1 Å². The van der Waals surface area contributed by atoms with Crippen molar-refractivity contribution in [3.63, 3.8) is 0 Å². The SMILES string of the molecule is CN=C(NCCCc1cccc(Br)c1)NCc1nc(C(F)(F)F)cs1.I. The van der Waals surface area contributed by atoms with Crippen molar-refractivity contribution in [1.29, 1.82) is 0 Å². The first-order valence-corrected chi connectivity index (χ1v) is 9.26. The highest BCUT2D eigenvalue weighted by molar-refractivity contribution is 14.0. The number of aromatic nitrogens is 1. The van der Waals surface area contributed by atoms with Crippen molar-refractivity contribution >= 4 is 57.2 Å². The summed E-state index contributed by atoms with van der Waals surface area (Å²) in [7, 11) is 1.62. The van der Waals surface area contributed by atoms with Gasteiger partial charge in [0.05, 0.1) is 6.54 Å². The molecule has 0 amide bonds. The predicted molar refractivity (Wildman–Crippen MR) is 113 cm³/mol. The van der Waals surface area contributed by atoms with Crippen molar-refractivity contribution in [1.82, 2.24) is 15.6 Å². The van der Waals surface area contributed by atoms with E-state index >= 15 is 0 Å². The van der Waals surface area contributed by atoms with Crippen LogP contribution in [0.5, 0.6) is 0 Å². The van der Waals surface area contributed by atoms with Gasteiger partial charge in [0.1, 0.15) is 5.01 Å². The smallest absolute Gasteiger partial charge is 0.356 e. The number of aryl methyl sites for hydroxylation is 1. The van der Waals surface area contributed by atoms with Crippen LogP contribution in [0.25, 0.3) is 0 Å². The molecule has 0 fully saturated rings. The lowest BCUT2D eigenvalue weighted by Crippen LogP contribution is -2.37. The van der Waals surface area contributed by atoms with Crippen LogP contribution in [0.1, 0.15) is 22.7 Å². The van der Waals surface area contributed by atoms with Crippen molar-refractivity contribution < 1.29 is 13.2 Å². The normalized spacial score (nSPS) is 11.8. The Bertz CT molecular complexity index is 722. The number of aliphatic imine (C=N–C) groups is 1. The van der Waals surface area contributed by atoms with Gasteiger partial charge < -0.3 is 10.6 Å². The second kappa shape index (κ2) is 11.1. The lowest BCUT2D eigenvalue weighted by molar-refractivity contribution is -0.140. The molecule has 4 nitrogen and oxygen atoms in total. The molecule has 0 spiro atoms.